The van der Waals surface area contributed by atoms with Crippen molar-refractivity contribution in [3.63, 3.8) is 0 Å². The van der Waals surface area contributed by atoms with Crippen molar-refractivity contribution in [3.8, 4) is 22.7 Å². The van der Waals surface area contributed by atoms with Crippen LogP contribution in [0.15, 0.2) is 59.6 Å². The van der Waals surface area contributed by atoms with E-state index in [0.29, 0.717) is 22.0 Å². The fourth-order valence-corrected chi connectivity index (χ4v) is 5.11. The summed E-state index contributed by atoms with van der Waals surface area (Å²) >= 11 is 3.37. The number of benzene rings is 2. The van der Waals surface area contributed by atoms with E-state index in [0.717, 1.165) is 22.0 Å². The molecule has 0 aliphatic carbocycles. The molecule has 0 spiro atoms. The van der Waals surface area contributed by atoms with Crippen molar-refractivity contribution in [2.45, 2.75) is 31.2 Å². The van der Waals surface area contributed by atoms with Gasteiger partial charge in [0.1, 0.15) is 24.0 Å². The Bertz CT molecular complexity index is 1560. The maximum atomic E-state index is 13.5. The molecular weight excluding hydrogens is 610 g/mol. The summed E-state index contributed by atoms with van der Waals surface area (Å²) in [6, 6.07) is 8.28. The average Bonchev–Trinajstić information content (AvgIpc) is 3.55. The van der Waals surface area contributed by atoms with Crippen molar-refractivity contribution in [1.82, 2.24) is 24.5 Å². The zero-order chi connectivity index (χ0) is 28.8. The summed E-state index contributed by atoms with van der Waals surface area (Å²) in [5, 5.41) is 8.13. The van der Waals surface area contributed by atoms with Gasteiger partial charge in [-0.1, -0.05) is 33.3 Å². The van der Waals surface area contributed by atoms with Gasteiger partial charge in [0, 0.05) is 21.9 Å². The lowest BCUT2D eigenvalue weighted by molar-refractivity contribution is -0.141. The molecule has 0 unspecified atom stereocenters. The predicted octanol–water partition coefficient (Wildman–Crippen LogP) is 6.00. The highest BCUT2D eigenvalue weighted by Gasteiger charge is 2.40. The van der Waals surface area contributed by atoms with Crippen LogP contribution in [0.5, 0.6) is 5.75 Å². The molecule has 0 fully saturated rings. The van der Waals surface area contributed by atoms with Gasteiger partial charge >= 0.3 is 12.4 Å². The van der Waals surface area contributed by atoms with Crippen molar-refractivity contribution in [2.75, 3.05) is 18.6 Å². The van der Waals surface area contributed by atoms with Gasteiger partial charge in [0.05, 0.1) is 25.3 Å². The third-order valence-electron chi connectivity index (χ3n) is 6.40. The van der Waals surface area contributed by atoms with Crippen molar-refractivity contribution in [2.24, 2.45) is 0 Å². The van der Waals surface area contributed by atoms with E-state index in [1.165, 1.54) is 36.2 Å². The van der Waals surface area contributed by atoms with Crippen LogP contribution in [-0.2, 0) is 17.4 Å². The predicted molar refractivity (Wildman–Crippen MR) is 134 cm³/mol. The van der Waals surface area contributed by atoms with E-state index >= 15 is 0 Å². The summed E-state index contributed by atoms with van der Waals surface area (Å²) in [5.74, 6) is -0.570. The monoisotopic (exact) mass is 628 g/mol. The lowest BCUT2D eigenvalue weighted by Gasteiger charge is -2.27. The Morgan fingerprint density at radius 1 is 1.07 bits per heavy atom. The summed E-state index contributed by atoms with van der Waals surface area (Å²) in [6.07, 6.45) is -5.48. The van der Waals surface area contributed by atoms with E-state index in [1.54, 1.807) is 18.2 Å². The standard InChI is InChI=1S/C25H19BrF6N6O2/c1-40-21-9-14(5-7-19(21)36-11-22(33-13-36)25(30,31)32)17-10-38(35-34-17)20-8-6-15-16(26)3-2-4-18(15)37(23(20)39)12-24(27,28)29/h2-5,7,9-11,13,20H,6,8,12H2,1H3/t20-/m0/s1. The van der Waals surface area contributed by atoms with Gasteiger partial charge in [-0.15, -0.1) is 5.10 Å². The van der Waals surface area contributed by atoms with Crippen LogP contribution in [0, 0.1) is 0 Å². The van der Waals surface area contributed by atoms with Crippen LogP contribution in [-0.4, -0.2) is 50.3 Å². The average molecular weight is 629 g/mol. The molecule has 0 N–H and O–H groups in total. The van der Waals surface area contributed by atoms with Crippen molar-refractivity contribution >= 4 is 27.5 Å². The Labute approximate surface area is 231 Å². The molecule has 1 amide bonds. The SMILES string of the molecule is COc1cc(-c2cn([C@H]3CCc4c(Br)cccc4N(CC(F)(F)F)C3=O)nn2)ccc1-n1cnc(C(F)(F)F)c1. The minimum absolute atomic E-state index is 0.174. The highest BCUT2D eigenvalue weighted by molar-refractivity contribution is 9.10. The first-order valence-corrected chi connectivity index (χ1v) is 12.5. The largest absolute Gasteiger partial charge is 0.495 e. The Hall–Kier alpha value is -3.88. The quantitative estimate of drug-likeness (QED) is 0.253. The number of rotatable bonds is 5. The molecule has 210 valence electrons. The number of ether oxygens (including phenoxy) is 1. The molecule has 0 bridgehead atoms. The minimum atomic E-state index is -4.63. The van der Waals surface area contributed by atoms with Crippen LogP contribution in [0.1, 0.15) is 23.7 Å². The van der Waals surface area contributed by atoms with Gasteiger partial charge in [-0.05, 0) is 42.7 Å². The van der Waals surface area contributed by atoms with Gasteiger partial charge in [-0.3, -0.25) is 4.79 Å². The van der Waals surface area contributed by atoms with Crippen LogP contribution in [0.3, 0.4) is 0 Å². The third-order valence-corrected chi connectivity index (χ3v) is 7.14. The molecule has 15 heteroatoms. The number of aromatic nitrogens is 5. The summed E-state index contributed by atoms with van der Waals surface area (Å²) in [6.45, 7) is -1.46. The van der Waals surface area contributed by atoms with Gasteiger partial charge < -0.3 is 14.2 Å². The first-order valence-electron chi connectivity index (χ1n) is 11.7. The fraction of sp³-hybridized carbons (Fsp3) is 0.280. The number of anilines is 1. The van der Waals surface area contributed by atoms with Crippen LogP contribution in [0.2, 0.25) is 0 Å². The van der Waals surface area contributed by atoms with E-state index in [4.69, 9.17) is 4.74 Å². The molecule has 1 aliphatic heterocycles. The van der Waals surface area contributed by atoms with Crippen molar-refractivity contribution in [3.05, 3.63) is 70.8 Å². The molecule has 2 aromatic carbocycles. The molecule has 0 saturated heterocycles. The van der Waals surface area contributed by atoms with Gasteiger partial charge in [-0.25, -0.2) is 9.67 Å². The maximum absolute atomic E-state index is 13.5. The van der Waals surface area contributed by atoms with Gasteiger partial charge in [-0.2, -0.15) is 26.3 Å². The van der Waals surface area contributed by atoms with Crippen LogP contribution < -0.4 is 9.64 Å². The maximum Gasteiger partial charge on any atom is 0.434 e. The number of amides is 1. The summed E-state index contributed by atoms with van der Waals surface area (Å²) in [5.41, 5.74) is 0.714. The van der Waals surface area contributed by atoms with E-state index < -0.39 is 36.5 Å². The summed E-state index contributed by atoms with van der Waals surface area (Å²) in [7, 11) is 1.34. The Balaban J connectivity index is 1.46. The zero-order valence-corrected chi connectivity index (χ0v) is 22.1. The van der Waals surface area contributed by atoms with Crippen molar-refractivity contribution < 1.29 is 35.9 Å². The van der Waals surface area contributed by atoms with Gasteiger partial charge in [0.2, 0.25) is 0 Å². The molecule has 40 heavy (non-hydrogen) atoms. The molecule has 0 saturated carbocycles. The van der Waals surface area contributed by atoms with Crippen LogP contribution in [0.25, 0.3) is 16.9 Å². The Morgan fingerprint density at radius 3 is 2.52 bits per heavy atom. The van der Waals surface area contributed by atoms with Gasteiger partial charge in [0.25, 0.3) is 5.91 Å². The topological polar surface area (TPSA) is 78.1 Å². The molecule has 1 atom stereocenters. The first kappa shape index (κ1) is 27.7. The number of imidazole rings is 1. The Kier molecular flexibility index (Phi) is 7.10. The number of hydrogen-bond donors (Lipinski definition) is 0. The number of alkyl halides is 6. The molecule has 5 rings (SSSR count). The minimum Gasteiger partial charge on any atom is -0.495 e. The second-order valence-electron chi connectivity index (χ2n) is 8.97. The molecule has 1 aliphatic rings. The second kappa shape index (κ2) is 10.3. The van der Waals surface area contributed by atoms with E-state index in [1.807, 2.05) is 0 Å². The smallest absolute Gasteiger partial charge is 0.434 e. The van der Waals surface area contributed by atoms with Crippen LogP contribution >= 0.6 is 15.9 Å². The number of halogens is 7. The Morgan fingerprint density at radius 2 is 1.85 bits per heavy atom. The zero-order valence-electron chi connectivity index (χ0n) is 20.5. The highest BCUT2D eigenvalue weighted by Crippen LogP contribution is 2.38. The third kappa shape index (κ3) is 5.42. The number of carbonyl (C=O) groups excluding carboxylic acids is 1. The fourth-order valence-electron chi connectivity index (χ4n) is 4.55. The van der Waals surface area contributed by atoms with Gasteiger partial charge in [0.15, 0.2) is 5.69 Å². The first-order chi connectivity index (χ1) is 18.9. The molecular formula is C25H19BrF6N6O2. The number of carbonyl (C=O) groups is 1. The summed E-state index contributed by atoms with van der Waals surface area (Å²) < 4.78 is 87.7. The van der Waals surface area contributed by atoms with E-state index in [9.17, 15) is 31.1 Å². The number of fused-ring (bicyclic) bond motifs is 1. The van der Waals surface area contributed by atoms with E-state index in [-0.39, 0.29) is 29.2 Å². The lowest BCUT2D eigenvalue weighted by Crippen LogP contribution is -2.42. The molecule has 2 aromatic heterocycles. The van der Waals surface area contributed by atoms with Crippen LogP contribution in [0.4, 0.5) is 32.0 Å². The molecule has 0 radical (unpaired) electrons. The number of methoxy groups -OCH3 is 1. The number of nitrogens with zero attached hydrogens (tertiary/aromatic N) is 6. The highest BCUT2D eigenvalue weighted by atomic mass is 79.9. The van der Waals surface area contributed by atoms with E-state index in [2.05, 4.69) is 31.2 Å². The molecule has 8 nitrogen and oxygen atoms in total. The number of hydrogen-bond acceptors (Lipinski definition) is 5. The summed E-state index contributed by atoms with van der Waals surface area (Å²) in [4.78, 5) is 17.5. The second-order valence-corrected chi connectivity index (χ2v) is 9.82. The molecule has 3 heterocycles. The normalized spacial score (nSPS) is 16.1. The molecule has 4 aromatic rings. The lowest BCUT2D eigenvalue weighted by atomic mass is 10.1. The van der Waals surface area contributed by atoms with Crippen molar-refractivity contribution in [1.29, 1.82) is 0 Å².